The van der Waals surface area contributed by atoms with Crippen molar-refractivity contribution in [2.45, 2.75) is 37.8 Å². The van der Waals surface area contributed by atoms with Crippen LogP contribution in [0.3, 0.4) is 0 Å². The molecule has 26 heavy (non-hydrogen) atoms. The van der Waals surface area contributed by atoms with E-state index >= 15 is 0 Å². The normalized spacial score (nSPS) is 25.3. The van der Waals surface area contributed by atoms with E-state index in [4.69, 9.17) is 15.2 Å². The molecule has 0 aliphatic carbocycles. The SMILES string of the molecule is COc1cc2c(cc1OC)[C@@H]1C[C@@H](N)[C@@H](c3ccc(C)cc3)CN1CC2. The maximum absolute atomic E-state index is 6.66. The van der Waals surface area contributed by atoms with Crippen molar-refractivity contribution in [2.75, 3.05) is 27.3 Å². The molecule has 0 unspecified atom stereocenters. The predicted molar refractivity (Wildman–Crippen MR) is 104 cm³/mol. The predicted octanol–water partition coefficient (Wildman–Crippen LogP) is 3.43. The van der Waals surface area contributed by atoms with Gasteiger partial charge in [-0.15, -0.1) is 0 Å². The van der Waals surface area contributed by atoms with Crippen molar-refractivity contribution in [1.29, 1.82) is 0 Å². The molecule has 0 bridgehead atoms. The number of fused-ring (bicyclic) bond motifs is 3. The molecule has 1 fully saturated rings. The summed E-state index contributed by atoms with van der Waals surface area (Å²) in [5.74, 6) is 2.02. The standard InChI is InChI=1S/C22H28N2O2/c1-14-4-6-15(7-5-14)18-13-24-9-8-16-10-21(25-2)22(26-3)11-17(16)20(24)12-19(18)23/h4-7,10-11,18-20H,8-9,12-13,23H2,1-3H3/t18-,19-,20+/m1/s1. The first kappa shape index (κ1) is 17.4. The van der Waals surface area contributed by atoms with E-state index in [0.29, 0.717) is 12.0 Å². The summed E-state index contributed by atoms with van der Waals surface area (Å²) in [4.78, 5) is 2.60. The highest BCUT2D eigenvalue weighted by atomic mass is 16.5. The minimum Gasteiger partial charge on any atom is -0.493 e. The number of benzene rings is 2. The van der Waals surface area contributed by atoms with Gasteiger partial charge < -0.3 is 15.2 Å². The molecule has 0 aromatic heterocycles. The van der Waals surface area contributed by atoms with Crippen LogP contribution in [0.2, 0.25) is 0 Å². The minimum atomic E-state index is 0.165. The third kappa shape index (κ3) is 2.97. The van der Waals surface area contributed by atoms with Crippen LogP contribution in [0.15, 0.2) is 36.4 Å². The Balaban J connectivity index is 1.63. The number of ether oxygens (including phenoxy) is 2. The highest BCUT2D eigenvalue weighted by Crippen LogP contribution is 2.44. The van der Waals surface area contributed by atoms with Gasteiger partial charge in [0.05, 0.1) is 14.2 Å². The van der Waals surface area contributed by atoms with Gasteiger partial charge in [-0.1, -0.05) is 29.8 Å². The van der Waals surface area contributed by atoms with E-state index in [1.807, 2.05) is 0 Å². The number of hydrogen-bond donors (Lipinski definition) is 1. The maximum atomic E-state index is 6.66. The average molecular weight is 352 g/mol. The largest absolute Gasteiger partial charge is 0.493 e. The van der Waals surface area contributed by atoms with Crippen molar-refractivity contribution in [3.05, 3.63) is 58.7 Å². The second-order valence-corrected chi connectivity index (χ2v) is 7.58. The molecule has 4 nitrogen and oxygen atoms in total. The summed E-state index contributed by atoms with van der Waals surface area (Å²) in [5, 5.41) is 0. The Bertz CT molecular complexity index is 787. The molecule has 1 saturated heterocycles. The summed E-state index contributed by atoms with van der Waals surface area (Å²) in [6, 6.07) is 13.7. The topological polar surface area (TPSA) is 47.7 Å². The summed E-state index contributed by atoms with van der Waals surface area (Å²) in [6.45, 7) is 4.22. The Hall–Kier alpha value is -2.04. The molecule has 2 aromatic rings. The molecule has 3 atom stereocenters. The molecule has 2 aromatic carbocycles. The lowest BCUT2D eigenvalue weighted by Crippen LogP contribution is -2.49. The lowest BCUT2D eigenvalue weighted by atomic mass is 9.78. The van der Waals surface area contributed by atoms with Crippen LogP contribution in [-0.2, 0) is 6.42 Å². The van der Waals surface area contributed by atoms with Gasteiger partial charge in [0.1, 0.15) is 0 Å². The van der Waals surface area contributed by atoms with Crippen molar-refractivity contribution in [1.82, 2.24) is 4.90 Å². The fourth-order valence-corrected chi connectivity index (χ4v) is 4.55. The van der Waals surface area contributed by atoms with Gasteiger partial charge in [-0.2, -0.15) is 0 Å². The van der Waals surface area contributed by atoms with Gasteiger partial charge in [0, 0.05) is 31.1 Å². The van der Waals surface area contributed by atoms with E-state index in [-0.39, 0.29) is 6.04 Å². The van der Waals surface area contributed by atoms with Crippen LogP contribution < -0.4 is 15.2 Å². The first-order valence-electron chi connectivity index (χ1n) is 9.41. The molecule has 2 aliphatic heterocycles. The summed E-state index contributed by atoms with van der Waals surface area (Å²) in [6.07, 6.45) is 2.02. The monoisotopic (exact) mass is 352 g/mol. The lowest BCUT2D eigenvalue weighted by molar-refractivity contribution is 0.109. The first-order valence-corrected chi connectivity index (χ1v) is 9.41. The van der Waals surface area contributed by atoms with Crippen LogP contribution in [0.1, 0.15) is 40.6 Å². The van der Waals surface area contributed by atoms with Crippen LogP contribution in [0.4, 0.5) is 0 Å². The number of nitrogens with zero attached hydrogens (tertiary/aromatic N) is 1. The Morgan fingerprint density at radius 3 is 2.42 bits per heavy atom. The van der Waals surface area contributed by atoms with Gasteiger partial charge in [-0.25, -0.2) is 0 Å². The van der Waals surface area contributed by atoms with Gasteiger partial charge in [-0.3, -0.25) is 4.90 Å². The number of rotatable bonds is 3. The second kappa shape index (κ2) is 6.93. The maximum Gasteiger partial charge on any atom is 0.161 e. The molecular formula is C22H28N2O2. The molecule has 4 rings (SSSR count). The number of hydrogen-bond acceptors (Lipinski definition) is 4. The zero-order chi connectivity index (χ0) is 18.3. The fraction of sp³-hybridized carbons (Fsp3) is 0.455. The minimum absolute atomic E-state index is 0.165. The molecule has 2 N–H and O–H groups in total. The zero-order valence-corrected chi connectivity index (χ0v) is 15.9. The van der Waals surface area contributed by atoms with Gasteiger partial charge in [0.25, 0.3) is 0 Å². The number of aryl methyl sites for hydroxylation is 1. The van der Waals surface area contributed by atoms with Gasteiger partial charge in [-0.05, 0) is 48.6 Å². The van der Waals surface area contributed by atoms with Gasteiger partial charge in [0.15, 0.2) is 11.5 Å². The third-order valence-corrected chi connectivity index (χ3v) is 6.06. The van der Waals surface area contributed by atoms with Crippen LogP contribution in [0, 0.1) is 6.92 Å². The van der Waals surface area contributed by atoms with Crippen molar-refractivity contribution in [3.63, 3.8) is 0 Å². The van der Waals surface area contributed by atoms with Gasteiger partial charge in [0.2, 0.25) is 0 Å². The summed E-state index contributed by atoms with van der Waals surface area (Å²) >= 11 is 0. The number of methoxy groups -OCH3 is 2. The zero-order valence-electron chi connectivity index (χ0n) is 15.9. The van der Waals surface area contributed by atoms with Crippen molar-refractivity contribution in [2.24, 2.45) is 5.73 Å². The van der Waals surface area contributed by atoms with Crippen molar-refractivity contribution < 1.29 is 9.47 Å². The molecule has 2 heterocycles. The number of nitrogens with two attached hydrogens (primary N) is 1. The smallest absolute Gasteiger partial charge is 0.161 e. The molecule has 0 amide bonds. The first-order chi connectivity index (χ1) is 12.6. The third-order valence-electron chi connectivity index (χ3n) is 6.06. The molecule has 0 spiro atoms. The summed E-state index contributed by atoms with van der Waals surface area (Å²) < 4.78 is 11.0. The Labute approximate surface area is 155 Å². The lowest BCUT2D eigenvalue weighted by Gasteiger charge is -2.46. The van der Waals surface area contributed by atoms with E-state index in [1.165, 1.54) is 22.3 Å². The van der Waals surface area contributed by atoms with Crippen molar-refractivity contribution in [3.8, 4) is 11.5 Å². The van der Waals surface area contributed by atoms with Crippen LogP contribution in [0.5, 0.6) is 11.5 Å². The van der Waals surface area contributed by atoms with E-state index in [9.17, 15) is 0 Å². The highest BCUT2D eigenvalue weighted by molar-refractivity contribution is 5.50. The Morgan fingerprint density at radius 1 is 1.04 bits per heavy atom. The Morgan fingerprint density at radius 2 is 1.73 bits per heavy atom. The summed E-state index contributed by atoms with van der Waals surface area (Å²) in [7, 11) is 3.40. The van der Waals surface area contributed by atoms with Gasteiger partial charge >= 0.3 is 0 Å². The average Bonchev–Trinajstić information content (AvgIpc) is 2.67. The molecule has 4 heteroatoms. The van der Waals surface area contributed by atoms with E-state index in [1.54, 1.807) is 14.2 Å². The molecule has 0 radical (unpaired) electrons. The Kier molecular flexibility index (Phi) is 4.63. The molecule has 138 valence electrons. The van der Waals surface area contributed by atoms with Crippen molar-refractivity contribution >= 4 is 0 Å². The molecule has 0 saturated carbocycles. The summed E-state index contributed by atoms with van der Waals surface area (Å²) in [5.41, 5.74) is 12.0. The van der Waals surface area contributed by atoms with Crippen LogP contribution >= 0.6 is 0 Å². The highest BCUT2D eigenvalue weighted by Gasteiger charge is 2.38. The second-order valence-electron chi connectivity index (χ2n) is 7.58. The van der Waals surface area contributed by atoms with E-state index < -0.39 is 0 Å². The van der Waals surface area contributed by atoms with E-state index in [0.717, 1.165) is 37.4 Å². The number of piperidine rings is 1. The van der Waals surface area contributed by atoms with Crippen LogP contribution in [-0.4, -0.2) is 38.3 Å². The van der Waals surface area contributed by atoms with Crippen LogP contribution in [0.25, 0.3) is 0 Å². The molecular weight excluding hydrogens is 324 g/mol. The van der Waals surface area contributed by atoms with E-state index in [2.05, 4.69) is 48.2 Å². The quantitative estimate of drug-likeness (QED) is 0.919. The molecule has 2 aliphatic rings. The fourth-order valence-electron chi connectivity index (χ4n) is 4.55.